The zero-order valence-electron chi connectivity index (χ0n) is 7.78. The average Bonchev–Trinajstić information content (AvgIpc) is 2.31. The van der Waals surface area contributed by atoms with Crippen LogP contribution in [0.3, 0.4) is 0 Å². The van der Waals surface area contributed by atoms with E-state index in [1.807, 2.05) is 13.8 Å². The highest BCUT2D eigenvalue weighted by Gasteiger charge is 2.38. The van der Waals surface area contributed by atoms with E-state index >= 15 is 0 Å². The molecule has 1 fully saturated rings. The third-order valence-corrected chi connectivity index (χ3v) is 4.19. The summed E-state index contributed by atoms with van der Waals surface area (Å²) in [6.07, 6.45) is 0. The first kappa shape index (κ1) is 10.8. The van der Waals surface area contributed by atoms with Crippen molar-refractivity contribution in [3.8, 4) is 0 Å². The number of carbonyl (C=O) groups is 1. The third kappa shape index (κ3) is 1.82. The summed E-state index contributed by atoms with van der Waals surface area (Å²) in [5, 5.41) is 0. The summed E-state index contributed by atoms with van der Waals surface area (Å²) in [7, 11) is -0.480. The number of thiocarbonyl (C=S) groups is 1. The van der Waals surface area contributed by atoms with Gasteiger partial charge in [-0.05, 0) is 13.8 Å². The van der Waals surface area contributed by atoms with Crippen molar-refractivity contribution in [3.63, 3.8) is 0 Å². The third-order valence-electron chi connectivity index (χ3n) is 1.81. The minimum absolute atomic E-state index is 0.0346. The van der Waals surface area contributed by atoms with E-state index < -0.39 is 15.9 Å². The molecule has 0 aromatic carbocycles. The lowest BCUT2D eigenvalue weighted by Crippen LogP contribution is -2.31. The Morgan fingerprint density at radius 2 is 2.31 bits per heavy atom. The van der Waals surface area contributed by atoms with Gasteiger partial charge in [-0.1, -0.05) is 28.6 Å². The van der Waals surface area contributed by atoms with E-state index in [2.05, 4.69) is 5.87 Å². The number of nitrogens with zero attached hydrogens (tertiary/aromatic N) is 1. The fourth-order valence-corrected chi connectivity index (χ4v) is 3.00. The molecule has 0 saturated carbocycles. The molecule has 1 amide bonds. The molecular weight excluding hydrogens is 206 g/mol. The van der Waals surface area contributed by atoms with Crippen molar-refractivity contribution in [3.05, 3.63) is 0 Å². The maximum atomic E-state index is 11.6. The number of likely N-dealkylation sites (N-methyl/N-ethyl adjacent to an activating group) is 1. The monoisotopic (exact) mass is 219 g/mol. The highest BCUT2D eigenvalue weighted by atomic mass is 32.2. The number of hydrogen-bond acceptors (Lipinski definition) is 3. The van der Waals surface area contributed by atoms with Gasteiger partial charge >= 0.3 is 0 Å². The van der Waals surface area contributed by atoms with E-state index in [4.69, 9.17) is 17.0 Å². The normalized spacial score (nSPS) is 28.6. The molecule has 1 heterocycles. The van der Waals surface area contributed by atoms with Crippen LogP contribution in [0.5, 0.6) is 0 Å². The van der Waals surface area contributed by atoms with Crippen molar-refractivity contribution in [1.29, 1.82) is 0 Å². The topological polar surface area (TPSA) is 29.5 Å². The Morgan fingerprint density at radius 1 is 1.69 bits per heavy atom. The number of ether oxygens (including phenoxy) is 1. The van der Waals surface area contributed by atoms with Crippen molar-refractivity contribution in [2.24, 2.45) is 0 Å². The first-order valence-corrected chi connectivity index (χ1v) is 5.99. The molecule has 1 saturated heterocycles. The van der Waals surface area contributed by atoms with Gasteiger partial charge in [0.25, 0.3) is 5.91 Å². The molecule has 0 bridgehead atoms. The van der Waals surface area contributed by atoms with Crippen LogP contribution in [0.25, 0.3) is 0 Å². The van der Waals surface area contributed by atoms with Gasteiger partial charge in [-0.2, -0.15) is 0 Å². The Labute approximate surface area is 86.0 Å². The van der Waals surface area contributed by atoms with Gasteiger partial charge in [0.15, 0.2) is 5.44 Å². The molecule has 0 aliphatic carbocycles. The van der Waals surface area contributed by atoms with Gasteiger partial charge in [-0.15, -0.1) is 0 Å². The quantitative estimate of drug-likeness (QED) is 0.668. The summed E-state index contributed by atoms with van der Waals surface area (Å²) in [5.41, 5.74) is -0.433. The summed E-state index contributed by atoms with van der Waals surface area (Å²) < 4.78 is 5.93. The van der Waals surface area contributed by atoms with E-state index in [9.17, 15) is 4.79 Å². The Hall–Kier alpha value is -0.260. The first-order chi connectivity index (χ1) is 6.13. The summed E-state index contributed by atoms with van der Waals surface area (Å²) in [6.45, 7) is 4.90. The molecule has 5 heteroatoms. The number of hydrogen-bond donors (Lipinski definition) is 0. The maximum absolute atomic E-state index is 11.6. The molecule has 2 unspecified atom stereocenters. The second-order valence-electron chi connectivity index (χ2n) is 2.56. The van der Waals surface area contributed by atoms with Crippen molar-refractivity contribution < 1.29 is 9.53 Å². The predicted molar refractivity (Wildman–Crippen MR) is 60.1 cm³/mol. The maximum Gasteiger partial charge on any atom is 0.267 e. The standard InChI is InChI=1S/C8H13NO2S2/c1-4-9-6(10)7(11-5-2)13(3)8(9)12/h7H,3-5H2,1-2H3. The zero-order chi connectivity index (χ0) is 10.0. The van der Waals surface area contributed by atoms with Crippen molar-refractivity contribution >= 4 is 38.8 Å². The lowest BCUT2D eigenvalue weighted by Gasteiger charge is -2.11. The van der Waals surface area contributed by atoms with Crippen LogP contribution < -0.4 is 0 Å². The van der Waals surface area contributed by atoms with E-state index in [0.29, 0.717) is 17.5 Å². The van der Waals surface area contributed by atoms with E-state index in [0.717, 1.165) is 0 Å². The molecule has 0 aromatic rings. The average molecular weight is 219 g/mol. The van der Waals surface area contributed by atoms with Gasteiger partial charge in [0.1, 0.15) is 4.32 Å². The lowest BCUT2D eigenvalue weighted by atomic mass is 10.5. The molecule has 0 radical (unpaired) electrons. The summed E-state index contributed by atoms with van der Waals surface area (Å²) >= 11 is 5.11. The first-order valence-electron chi connectivity index (χ1n) is 4.13. The van der Waals surface area contributed by atoms with Crippen molar-refractivity contribution in [2.75, 3.05) is 13.2 Å². The van der Waals surface area contributed by atoms with Gasteiger partial charge in [0.2, 0.25) is 0 Å². The SMILES string of the molecule is C=S1C(=S)N(CC)C(=O)C1OCC. The van der Waals surface area contributed by atoms with Gasteiger partial charge in [0, 0.05) is 13.2 Å². The Balaban J connectivity index is 2.85. The fraction of sp³-hybridized carbons (Fsp3) is 0.625. The molecule has 74 valence electrons. The second kappa shape index (κ2) is 4.30. The van der Waals surface area contributed by atoms with Crippen LogP contribution in [0.15, 0.2) is 0 Å². The van der Waals surface area contributed by atoms with Gasteiger partial charge < -0.3 is 4.74 Å². The van der Waals surface area contributed by atoms with Crippen LogP contribution in [0.2, 0.25) is 0 Å². The van der Waals surface area contributed by atoms with Crippen LogP contribution in [0, 0.1) is 0 Å². The van der Waals surface area contributed by atoms with Gasteiger partial charge in [0.05, 0.1) is 0 Å². The summed E-state index contributed by atoms with van der Waals surface area (Å²) in [6, 6.07) is 0. The molecule has 2 atom stereocenters. The van der Waals surface area contributed by atoms with Crippen LogP contribution in [-0.4, -0.2) is 39.6 Å². The predicted octanol–water partition coefficient (Wildman–Crippen LogP) is 1.20. The second-order valence-corrected chi connectivity index (χ2v) is 4.88. The lowest BCUT2D eigenvalue weighted by molar-refractivity contribution is -0.132. The van der Waals surface area contributed by atoms with Crippen LogP contribution >= 0.6 is 22.7 Å². The highest BCUT2D eigenvalue weighted by molar-refractivity contribution is 8.34. The molecule has 1 rings (SSSR count). The van der Waals surface area contributed by atoms with Crippen molar-refractivity contribution in [2.45, 2.75) is 19.3 Å². The molecule has 13 heavy (non-hydrogen) atoms. The Morgan fingerprint density at radius 3 is 2.69 bits per heavy atom. The molecule has 1 aliphatic heterocycles. The molecule has 0 N–H and O–H groups in total. The minimum Gasteiger partial charge on any atom is -0.358 e. The Kier molecular flexibility index (Phi) is 3.58. The fourth-order valence-electron chi connectivity index (χ4n) is 1.16. The van der Waals surface area contributed by atoms with Crippen LogP contribution in [0.4, 0.5) is 0 Å². The number of rotatable bonds is 3. The smallest absolute Gasteiger partial charge is 0.267 e. The van der Waals surface area contributed by atoms with Crippen molar-refractivity contribution in [1.82, 2.24) is 4.90 Å². The minimum atomic E-state index is -0.480. The zero-order valence-corrected chi connectivity index (χ0v) is 9.41. The molecule has 3 nitrogen and oxygen atoms in total. The largest absolute Gasteiger partial charge is 0.358 e. The van der Waals surface area contributed by atoms with Crippen LogP contribution in [-0.2, 0) is 9.53 Å². The highest BCUT2D eigenvalue weighted by Crippen LogP contribution is 2.32. The van der Waals surface area contributed by atoms with Crippen LogP contribution in [0.1, 0.15) is 13.8 Å². The van der Waals surface area contributed by atoms with Gasteiger partial charge in [-0.25, -0.2) is 0 Å². The van der Waals surface area contributed by atoms with E-state index in [1.165, 1.54) is 0 Å². The number of carbonyl (C=O) groups excluding carboxylic acids is 1. The Bertz CT molecular complexity index is 265. The molecular formula is C8H13NO2S2. The molecule has 0 aromatic heterocycles. The van der Waals surface area contributed by atoms with Gasteiger partial charge in [-0.3, -0.25) is 9.69 Å². The summed E-state index contributed by atoms with van der Waals surface area (Å²) in [5.74, 6) is 3.83. The molecule has 0 spiro atoms. The number of amides is 1. The molecule has 1 aliphatic rings. The summed E-state index contributed by atoms with van der Waals surface area (Å²) in [4.78, 5) is 13.2. The van der Waals surface area contributed by atoms with E-state index in [1.54, 1.807) is 4.90 Å². The van der Waals surface area contributed by atoms with E-state index in [-0.39, 0.29) is 5.91 Å².